The number of ether oxygens (including phenoxy) is 1. The molecule has 0 fully saturated rings. The maximum atomic E-state index is 13.0. The number of benzene rings is 1. The Kier molecular flexibility index (Phi) is 4.17. The van der Waals surface area contributed by atoms with Crippen molar-refractivity contribution in [1.29, 1.82) is 0 Å². The Balaban J connectivity index is 2.51. The zero-order valence-corrected chi connectivity index (χ0v) is 11.9. The van der Waals surface area contributed by atoms with Crippen molar-refractivity contribution in [2.45, 2.75) is 13.3 Å². The Morgan fingerprint density at radius 2 is 2.26 bits per heavy atom. The van der Waals surface area contributed by atoms with Crippen LogP contribution in [0, 0.1) is 5.82 Å². The Labute approximate surface area is 119 Å². The van der Waals surface area contributed by atoms with Gasteiger partial charge in [-0.15, -0.1) is 11.3 Å². The minimum atomic E-state index is -0.474. The van der Waals surface area contributed by atoms with E-state index in [2.05, 4.69) is 9.72 Å². The van der Waals surface area contributed by atoms with Crippen molar-refractivity contribution in [3.8, 4) is 10.6 Å². The van der Waals surface area contributed by atoms with E-state index in [9.17, 15) is 9.18 Å². The number of nitrogens with zero attached hydrogens (tertiary/aromatic N) is 1. The first-order valence-electron chi connectivity index (χ1n) is 5.60. The largest absolute Gasteiger partial charge is 0.464 e. The molecule has 2 rings (SSSR count). The van der Waals surface area contributed by atoms with Crippen LogP contribution in [0.2, 0.25) is 5.02 Å². The number of halogens is 2. The zero-order chi connectivity index (χ0) is 14.0. The third-order valence-corrected chi connectivity index (χ3v) is 4.10. The smallest absolute Gasteiger partial charge is 0.357 e. The van der Waals surface area contributed by atoms with Gasteiger partial charge >= 0.3 is 5.97 Å². The molecule has 6 heteroatoms. The SMILES string of the molecule is CCc1sc(-c2ccc(F)cc2Cl)nc1C(=O)OC. The van der Waals surface area contributed by atoms with E-state index in [1.165, 1.54) is 30.6 Å². The van der Waals surface area contributed by atoms with Gasteiger partial charge in [0, 0.05) is 10.4 Å². The summed E-state index contributed by atoms with van der Waals surface area (Å²) in [5, 5.41) is 0.857. The summed E-state index contributed by atoms with van der Waals surface area (Å²) in [6.45, 7) is 1.93. The van der Waals surface area contributed by atoms with Crippen molar-refractivity contribution >= 4 is 28.9 Å². The molecular weight excluding hydrogens is 289 g/mol. The van der Waals surface area contributed by atoms with Gasteiger partial charge in [0.15, 0.2) is 5.69 Å². The molecule has 1 heterocycles. The molecule has 0 spiro atoms. The van der Waals surface area contributed by atoms with Crippen molar-refractivity contribution in [2.75, 3.05) is 7.11 Å². The van der Waals surface area contributed by atoms with Gasteiger partial charge in [0.25, 0.3) is 0 Å². The molecule has 100 valence electrons. The second-order valence-electron chi connectivity index (χ2n) is 3.76. The minimum Gasteiger partial charge on any atom is -0.464 e. The lowest BCUT2D eigenvalue weighted by atomic mass is 10.2. The summed E-state index contributed by atoms with van der Waals surface area (Å²) in [5.41, 5.74) is 0.906. The predicted octanol–water partition coefficient (Wildman–Crippen LogP) is 3.95. The summed E-state index contributed by atoms with van der Waals surface area (Å²) < 4.78 is 17.7. The maximum Gasteiger partial charge on any atom is 0.357 e. The number of thiazole rings is 1. The van der Waals surface area contributed by atoms with Gasteiger partial charge in [0.1, 0.15) is 10.8 Å². The third-order valence-electron chi connectivity index (χ3n) is 2.56. The van der Waals surface area contributed by atoms with Crippen LogP contribution in [0.15, 0.2) is 18.2 Å². The second kappa shape index (κ2) is 5.67. The Bertz CT molecular complexity index is 627. The number of methoxy groups -OCH3 is 1. The van der Waals surface area contributed by atoms with Gasteiger partial charge in [0.05, 0.1) is 12.1 Å². The fraction of sp³-hybridized carbons (Fsp3) is 0.231. The summed E-state index contributed by atoms with van der Waals surface area (Å²) in [4.78, 5) is 16.7. The molecular formula is C13H11ClFNO2S. The highest BCUT2D eigenvalue weighted by Gasteiger charge is 2.19. The Morgan fingerprint density at radius 3 is 2.84 bits per heavy atom. The van der Waals surface area contributed by atoms with Crippen LogP contribution in [0.1, 0.15) is 22.3 Å². The zero-order valence-electron chi connectivity index (χ0n) is 10.4. The molecule has 0 aliphatic carbocycles. The van der Waals surface area contributed by atoms with Gasteiger partial charge in [-0.05, 0) is 24.6 Å². The first-order chi connectivity index (χ1) is 9.06. The normalized spacial score (nSPS) is 10.5. The van der Waals surface area contributed by atoms with Crippen LogP contribution in [0.3, 0.4) is 0 Å². The molecule has 0 aliphatic rings. The van der Waals surface area contributed by atoms with E-state index < -0.39 is 11.8 Å². The molecule has 0 aliphatic heterocycles. The van der Waals surface area contributed by atoms with Gasteiger partial charge in [-0.25, -0.2) is 14.2 Å². The van der Waals surface area contributed by atoms with Crippen LogP contribution in [0.5, 0.6) is 0 Å². The van der Waals surface area contributed by atoms with Crippen LogP contribution in [0.4, 0.5) is 4.39 Å². The highest BCUT2D eigenvalue weighted by Crippen LogP contribution is 2.33. The van der Waals surface area contributed by atoms with Crippen LogP contribution in [-0.2, 0) is 11.2 Å². The summed E-state index contributed by atoms with van der Waals surface area (Å²) in [5.74, 6) is -0.883. The summed E-state index contributed by atoms with van der Waals surface area (Å²) >= 11 is 7.35. The number of esters is 1. The lowest BCUT2D eigenvalue weighted by Crippen LogP contribution is -2.04. The van der Waals surface area contributed by atoms with Crippen molar-refractivity contribution in [1.82, 2.24) is 4.98 Å². The van der Waals surface area contributed by atoms with E-state index in [0.29, 0.717) is 22.7 Å². The molecule has 19 heavy (non-hydrogen) atoms. The standard InChI is InChI=1S/C13H11ClFNO2S/c1-3-10-11(13(17)18-2)16-12(19-10)8-5-4-7(15)6-9(8)14/h4-6H,3H2,1-2H3. The molecule has 0 saturated heterocycles. The molecule has 0 radical (unpaired) electrons. The molecule has 1 aromatic carbocycles. The van der Waals surface area contributed by atoms with Crippen LogP contribution in [-0.4, -0.2) is 18.1 Å². The fourth-order valence-corrected chi connectivity index (χ4v) is 2.97. The summed E-state index contributed by atoms with van der Waals surface area (Å²) in [6.07, 6.45) is 0.668. The highest BCUT2D eigenvalue weighted by atomic mass is 35.5. The molecule has 0 unspecified atom stereocenters. The van der Waals surface area contributed by atoms with Crippen molar-refractivity contribution in [2.24, 2.45) is 0 Å². The second-order valence-corrected chi connectivity index (χ2v) is 5.25. The first-order valence-corrected chi connectivity index (χ1v) is 6.79. The van der Waals surface area contributed by atoms with Gasteiger partial charge in [-0.1, -0.05) is 18.5 Å². The average Bonchev–Trinajstić information content (AvgIpc) is 2.81. The predicted molar refractivity (Wildman–Crippen MR) is 73.2 cm³/mol. The van der Waals surface area contributed by atoms with Gasteiger partial charge in [0.2, 0.25) is 0 Å². The molecule has 0 atom stereocenters. The third kappa shape index (κ3) is 2.77. The van der Waals surface area contributed by atoms with E-state index in [-0.39, 0.29) is 5.02 Å². The van der Waals surface area contributed by atoms with Crippen molar-refractivity contribution < 1.29 is 13.9 Å². The molecule has 1 aromatic heterocycles. The van der Waals surface area contributed by atoms with E-state index >= 15 is 0 Å². The van der Waals surface area contributed by atoms with Crippen molar-refractivity contribution in [3.05, 3.63) is 39.6 Å². The molecule has 0 bridgehead atoms. The molecule has 0 amide bonds. The number of rotatable bonds is 3. The lowest BCUT2D eigenvalue weighted by molar-refractivity contribution is 0.0594. The van der Waals surface area contributed by atoms with Crippen LogP contribution in [0.25, 0.3) is 10.6 Å². The van der Waals surface area contributed by atoms with E-state index in [1.807, 2.05) is 6.92 Å². The topological polar surface area (TPSA) is 39.2 Å². The van der Waals surface area contributed by atoms with Gasteiger partial charge in [-0.2, -0.15) is 0 Å². The van der Waals surface area contributed by atoms with Crippen molar-refractivity contribution in [3.63, 3.8) is 0 Å². The summed E-state index contributed by atoms with van der Waals surface area (Å²) in [6, 6.07) is 4.09. The number of aromatic nitrogens is 1. The molecule has 3 nitrogen and oxygen atoms in total. The van der Waals surface area contributed by atoms with Crippen LogP contribution < -0.4 is 0 Å². The average molecular weight is 300 g/mol. The fourth-order valence-electron chi connectivity index (χ4n) is 1.63. The highest BCUT2D eigenvalue weighted by molar-refractivity contribution is 7.15. The monoisotopic (exact) mass is 299 g/mol. The number of aryl methyl sites for hydroxylation is 1. The number of hydrogen-bond donors (Lipinski definition) is 0. The molecule has 0 N–H and O–H groups in total. The number of hydrogen-bond acceptors (Lipinski definition) is 4. The molecule has 0 saturated carbocycles. The Hall–Kier alpha value is -1.46. The minimum absolute atomic E-state index is 0.271. The number of carbonyl (C=O) groups is 1. The van der Waals surface area contributed by atoms with E-state index in [0.717, 1.165) is 4.88 Å². The van der Waals surface area contributed by atoms with E-state index in [1.54, 1.807) is 6.07 Å². The van der Waals surface area contributed by atoms with Gasteiger partial charge < -0.3 is 4.74 Å². The quantitative estimate of drug-likeness (QED) is 0.806. The number of carbonyl (C=O) groups excluding carboxylic acids is 1. The maximum absolute atomic E-state index is 13.0. The first kappa shape index (κ1) is 14.0. The molecule has 2 aromatic rings. The van der Waals surface area contributed by atoms with E-state index in [4.69, 9.17) is 11.6 Å². The van der Waals surface area contributed by atoms with Crippen LogP contribution >= 0.6 is 22.9 Å². The lowest BCUT2D eigenvalue weighted by Gasteiger charge is -1.99. The van der Waals surface area contributed by atoms with Gasteiger partial charge in [-0.3, -0.25) is 0 Å². The Morgan fingerprint density at radius 1 is 1.53 bits per heavy atom. The summed E-state index contributed by atoms with van der Waals surface area (Å²) in [7, 11) is 1.31.